The average molecular weight is 406 g/mol. The van der Waals surface area contributed by atoms with Crippen LogP contribution in [0.15, 0.2) is 48.5 Å². The van der Waals surface area contributed by atoms with Crippen LogP contribution >= 0.6 is 0 Å². The van der Waals surface area contributed by atoms with Gasteiger partial charge in [-0.1, -0.05) is 25.5 Å². The third kappa shape index (κ3) is 4.07. The van der Waals surface area contributed by atoms with Gasteiger partial charge in [-0.15, -0.1) is 0 Å². The molecule has 5 nitrogen and oxygen atoms in total. The number of hydrogen-bond acceptors (Lipinski definition) is 4. The number of fused-ring (bicyclic) bond motifs is 1. The van der Waals surface area contributed by atoms with E-state index in [1.807, 2.05) is 49.9 Å². The van der Waals surface area contributed by atoms with Crippen LogP contribution < -0.4 is 4.90 Å². The molecule has 2 aromatic carbocycles. The first kappa shape index (κ1) is 20.5. The number of esters is 1. The van der Waals surface area contributed by atoms with E-state index in [0.717, 1.165) is 47.4 Å². The number of nitrogens with zero attached hydrogens (tertiary/aromatic N) is 3. The Kier molecular flexibility index (Phi) is 5.80. The van der Waals surface area contributed by atoms with Crippen LogP contribution in [0.25, 0.3) is 22.4 Å². The molecule has 3 aromatic rings. The molecule has 1 unspecified atom stereocenters. The zero-order valence-corrected chi connectivity index (χ0v) is 18.3. The van der Waals surface area contributed by atoms with Crippen molar-refractivity contribution >= 4 is 22.7 Å². The molecular weight excluding hydrogens is 374 g/mol. The van der Waals surface area contributed by atoms with E-state index in [0.29, 0.717) is 5.92 Å². The zero-order chi connectivity index (χ0) is 21.3. The summed E-state index contributed by atoms with van der Waals surface area (Å²) in [6.07, 6.45) is 4.31. The van der Waals surface area contributed by atoms with Crippen LogP contribution in [-0.2, 0) is 9.53 Å². The van der Waals surface area contributed by atoms with Crippen LogP contribution in [0.5, 0.6) is 0 Å². The quantitative estimate of drug-likeness (QED) is 0.530. The summed E-state index contributed by atoms with van der Waals surface area (Å²) in [5.41, 5.74) is 3.95. The second-order valence-electron chi connectivity index (χ2n) is 8.74. The minimum Gasteiger partial charge on any atom is -0.461 e. The molecule has 1 aliphatic rings. The predicted molar refractivity (Wildman–Crippen MR) is 122 cm³/mol. The topological polar surface area (TPSA) is 47.4 Å². The number of ether oxygens (including phenoxy) is 1. The Morgan fingerprint density at radius 3 is 2.57 bits per heavy atom. The van der Waals surface area contributed by atoms with Gasteiger partial charge in [0.15, 0.2) is 0 Å². The number of carbonyl (C=O) groups is 1. The minimum absolute atomic E-state index is 0.0290. The zero-order valence-electron chi connectivity index (χ0n) is 18.3. The smallest absolute Gasteiger partial charge is 0.329 e. The van der Waals surface area contributed by atoms with Crippen molar-refractivity contribution < 1.29 is 9.53 Å². The molecule has 0 amide bonds. The van der Waals surface area contributed by atoms with Crippen LogP contribution in [0, 0.1) is 5.92 Å². The van der Waals surface area contributed by atoms with Gasteiger partial charge in [-0.25, -0.2) is 9.78 Å². The molecule has 5 heteroatoms. The number of carbonyl (C=O) groups excluding carboxylic acids is 1. The number of rotatable bonds is 5. The lowest BCUT2D eigenvalue weighted by atomic mass is 9.89. The lowest BCUT2D eigenvalue weighted by Gasteiger charge is -2.28. The fraction of sp³-hybridized carbons (Fsp3) is 0.440. The third-order valence-electron chi connectivity index (χ3n) is 6.14. The molecule has 1 fully saturated rings. The summed E-state index contributed by atoms with van der Waals surface area (Å²) < 4.78 is 7.97. The first-order valence-corrected chi connectivity index (χ1v) is 10.9. The highest BCUT2D eigenvalue weighted by Crippen LogP contribution is 2.31. The van der Waals surface area contributed by atoms with E-state index < -0.39 is 6.04 Å². The lowest BCUT2D eigenvalue weighted by molar-refractivity contribution is -0.154. The van der Waals surface area contributed by atoms with Crippen LogP contribution in [0.3, 0.4) is 0 Å². The van der Waals surface area contributed by atoms with Gasteiger partial charge < -0.3 is 14.2 Å². The monoisotopic (exact) mass is 405 g/mol. The van der Waals surface area contributed by atoms with Crippen molar-refractivity contribution in [2.75, 3.05) is 19.0 Å². The van der Waals surface area contributed by atoms with Crippen molar-refractivity contribution in [1.29, 1.82) is 0 Å². The van der Waals surface area contributed by atoms with Gasteiger partial charge in [0.05, 0.1) is 11.0 Å². The summed E-state index contributed by atoms with van der Waals surface area (Å²) in [4.78, 5) is 20.0. The Bertz CT molecular complexity index is 1020. The second kappa shape index (κ2) is 8.50. The molecule has 1 saturated carbocycles. The first-order valence-electron chi connectivity index (χ1n) is 10.9. The molecule has 158 valence electrons. The Labute approximate surface area is 178 Å². The van der Waals surface area contributed by atoms with E-state index in [1.54, 1.807) is 0 Å². The van der Waals surface area contributed by atoms with Gasteiger partial charge in [-0.05, 0) is 68.5 Å². The lowest BCUT2D eigenvalue weighted by Crippen LogP contribution is -2.28. The Hall–Kier alpha value is -2.82. The van der Waals surface area contributed by atoms with Crippen LogP contribution in [-0.4, -0.2) is 35.7 Å². The summed E-state index contributed by atoms with van der Waals surface area (Å²) in [7, 11) is 4.04. The molecule has 0 radical (unpaired) electrons. The number of para-hydroxylation sites is 2. The Balaban J connectivity index is 1.68. The van der Waals surface area contributed by atoms with Crippen molar-refractivity contribution in [3.05, 3.63) is 48.5 Å². The van der Waals surface area contributed by atoms with Crippen LogP contribution in [0.2, 0.25) is 0 Å². The number of aromatic nitrogens is 2. The molecule has 0 spiro atoms. The molecule has 3 atom stereocenters. The van der Waals surface area contributed by atoms with Crippen molar-refractivity contribution in [2.24, 2.45) is 5.92 Å². The third-order valence-corrected chi connectivity index (χ3v) is 6.14. The molecule has 0 bridgehead atoms. The van der Waals surface area contributed by atoms with E-state index in [9.17, 15) is 4.79 Å². The van der Waals surface area contributed by atoms with Gasteiger partial charge in [0, 0.05) is 25.3 Å². The number of imidazole rings is 1. The molecule has 0 saturated heterocycles. The standard InChI is InChI=1S/C25H31N3O2/c1-17-8-7-9-21(16-17)30-25(29)18(2)28-23-11-6-5-10-22(23)26-24(28)19-12-14-20(15-13-19)27(3)4/h5-6,10-15,17-18,21H,7-9,16H2,1-4H3/t17-,18-,21?/m1/s1. The maximum absolute atomic E-state index is 13.1. The maximum atomic E-state index is 13.1. The Morgan fingerprint density at radius 1 is 1.13 bits per heavy atom. The highest BCUT2D eigenvalue weighted by molar-refractivity contribution is 5.85. The fourth-order valence-corrected chi connectivity index (χ4v) is 4.40. The number of hydrogen-bond donors (Lipinski definition) is 0. The minimum atomic E-state index is -0.446. The van der Waals surface area contributed by atoms with E-state index >= 15 is 0 Å². The highest BCUT2D eigenvalue weighted by Gasteiger charge is 2.28. The van der Waals surface area contributed by atoms with E-state index in [2.05, 4.69) is 36.1 Å². The molecular formula is C25H31N3O2. The second-order valence-corrected chi connectivity index (χ2v) is 8.74. The van der Waals surface area contributed by atoms with E-state index in [4.69, 9.17) is 9.72 Å². The van der Waals surface area contributed by atoms with E-state index in [-0.39, 0.29) is 12.1 Å². The van der Waals surface area contributed by atoms with Gasteiger partial charge >= 0.3 is 5.97 Å². The fourth-order valence-electron chi connectivity index (χ4n) is 4.40. The van der Waals surface area contributed by atoms with Crippen LogP contribution in [0.4, 0.5) is 5.69 Å². The van der Waals surface area contributed by atoms with Gasteiger partial charge in [0.2, 0.25) is 0 Å². The predicted octanol–water partition coefficient (Wildman–Crippen LogP) is 5.45. The normalized spacial score (nSPS) is 20.1. The van der Waals surface area contributed by atoms with Gasteiger partial charge in [-0.2, -0.15) is 0 Å². The first-order chi connectivity index (χ1) is 14.4. The maximum Gasteiger partial charge on any atom is 0.329 e. The van der Waals surface area contributed by atoms with Crippen molar-refractivity contribution in [2.45, 2.75) is 51.7 Å². The Morgan fingerprint density at radius 2 is 1.87 bits per heavy atom. The van der Waals surface area contributed by atoms with Crippen molar-refractivity contribution in [1.82, 2.24) is 9.55 Å². The van der Waals surface area contributed by atoms with E-state index in [1.165, 1.54) is 6.42 Å². The largest absolute Gasteiger partial charge is 0.461 e. The molecule has 0 N–H and O–H groups in total. The summed E-state index contributed by atoms with van der Waals surface area (Å²) in [5.74, 6) is 1.23. The van der Waals surface area contributed by atoms with Crippen molar-refractivity contribution in [3.8, 4) is 11.4 Å². The molecule has 1 aliphatic carbocycles. The molecule has 1 heterocycles. The van der Waals surface area contributed by atoms with Gasteiger partial charge in [0.25, 0.3) is 0 Å². The number of benzene rings is 2. The summed E-state index contributed by atoms with van der Waals surface area (Å²) in [6, 6.07) is 15.8. The van der Waals surface area contributed by atoms with Crippen LogP contribution in [0.1, 0.15) is 45.6 Å². The molecule has 30 heavy (non-hydrogen) atoms. The molecule has 1 aromatic heterocycles. The SMILES string of the molecule is C[C@@H]1CCCC(OC(=O)[C@@H](C)n2c(-c3ccc(N(C)C)cc3)nc3ccccc32)C1. The summed E-state index contributed by atoms with van der Waals surface area (Å²) in [5, 5.41) is 0. The van der Waals surface area contributed by atoms with Crippen molar-refractivity contribution in [3.63, 3.8) is 0 Å². The van der Waals surface area contributed by atoms with Gasteiger partial charge in [-0.3, -0.25) is 0 Å². The summed E-state index contributed by atoms with van der Waals surface area (Å²) in [6.45, 7) is 4.16. The molecule has 4 rings (SSSR count). The summed E-state index contributed by atoms with van der Waals surface area (Å²) >= 11 is 0. The number of anilines is 1. The van der Waals surface area contributed by atoms with Gasteiger partial charge in [0.1, 0.15) is 18.0 Å². The molecule has 0 aliphatic heterocycles. The average Bonchev–Trinajstić information content (AvgIpc) is 3.12. The highest BCUT2D eigenvalue weighted by atomic mass is 16.5.